The summed E-state index contributed by atoms with van der Waals surface area (Å²) in [6.45, 7) is 0.442. The Labute approximate surface area is 158 Å². The molecule has 0 radical (unpaired) electrons. The molecule has 3 heterocycles. The van der Waals surface area contributed by atoms with Gasteiger partial charge < -0.3 is 4.42 Å². The van der Waals surface area contributed by atoms with Crippen LogP contribution in [0.1, 0.15) is 24.7 Å². The molecule has 1 aromatic carbocycles. The van der Waals surface area contributed by atoms with Crippen LogP contribution in [0.15, 0.2) is 45.0 Å². The fourth-order valence-corrected chi connectivity index (χ4v) is 5.23. The highest BCUT2D eigenvalue weighted by Crippen LogP contribution is 2.32. The van der Waals surface area contributed by atoms with Gasteiger partial charge in [0.25, 0.3) is 5.89 Å². The second kappa shape index (κ2) is 7.10. The first-order valence-corrected chi connectivity index (χ1v) is 10.6. The van der Waals surface area contributed by atoms with Crippen molar-refractivity contribution in [3.63, 3.8) is 0 Å². The number of nitrogens with zero attached hydrogens (tertiary/aromatic N) is 3. The van der Waals surface area contributed by atoms with E-state index in [1.54, 1.807) is 0 Å². The van der Waals surface area contributed by atoms with E-state index in [2.05, 4.69) is 10.2 Å². The van der Waals surface area contributed by atoms with E-state index in [-0.39, 0.29) is 17.4 Å². The number of aromatic nitrogens is 2. The van der Waals surface area contributed by atoms with Crippen molar-refractivity contribution < 1.29 is 21.6 Å². The Bertz CT molecular complexity index is 1050. The first kappa shape index (κ1) is 18.2. The zero-order chi connectivity index (χ0) is 19.0. The van der Waals surface area contributed by atoms with Gasteiger partial charge in [-0.2, -0.15) is 4.31 Å². The molecule has 1 aliphatic heterocycles. The van der Waals surface area contributed by atoms with Gasteiger partial charge in [-0.05, 0) is 42.5 Å². The predicted octanol–water partition coefficient (Wildman–Crippen LogP) is 3.64. The van der Waals surface area contributed by atoms with Gasteiger partial charge in [0.1, 0.15) is 0 Å². The summed E-state index contributed by atoms with van der Waals surface area (Å²) in [6, 6.07) is 6.33. The number of thiophene rings is 1. The summed E-state index contributed by atoms with van der Waals surface area (Å²) in [7, 11) is -3.94. The van der Waals surface area contributed by atoms with Crippen LogP contribution in [-0.2, 0) is 10.0 Å². The minimum atomic E-state index is -3.94. The summed E-state index contributed by atoms with van der Waals surface area (Å²) < 4.78 is 59.1. The molecule has 1 atom stereocenters. The average Bonchev–Trinajstić information content (AvgIpc) is 3.35. The highest BCUT2D eigenvalue weighted by Gasteiger charge is 2.33. The fourth-order valence-electron chi connectivity index (χ4n) is 3.05. The van der Waals surface area contributed by atoms with Crippen molar-refractivity contribution in [2.75, 3.05) is 13.1 Å². The van der Waals surface area contributed by atoms with Gasteiger partial charge in [0, 0.05) is 13.1 Å². The Morgan fingerprint density at radius 1 is 1.19 bits per heavy atom. The highest BCUT2D eigenvalue weighted by atomic mass is 32.2. The first-order valence-electron chi connectivity index (χ1n) is 8.27. The molecular weight excluding hydrogens is 396 g/mol. The van der Waals surface area contributed by atoms with Gasteiger partial charge in [-0.15, -0.1) is 21.5 Å². The number of benzene rings is 1. The summed E-state index contributed by atoms with van der Waals surface area (Å²) >= 11 is 1.47. The van der Waals surface area contributed by atoms with E-state index in [1.165, 1.54) is 15.6 Å². The lowest BCUT2D eigenvalue weighted by Crippen LogP contribution is -2.39. The third kappa shape index (κ3) is 3.52. The minimum Gasteiger partial charge on any atom is -0.420 e. The Balaban J connectivity index is 1.56. The lowest BCUT2D eigenvalue weighted by atomic mass is 10.00. The van der Waals surface area contributed by atoms with E-state index >= 15 is 0 Å². The van der Waals surface area contributed by atoms with E-state index < -0.39 is 21.7 Å². The molecule has 10 heteroatoms. The van der Waals surface area contributed by atoms with Crippen LogP contribution < -0.4 is 0 Å². The van der Waals surface area contributed by atoms with Crippen LogP contribution >= 0.6 is 11.3 Å². The second-order valence-corrected chi connectivity index (χ2v) is 9.09. The van der Waals surface area contributed by atoms with Crippen LogP contribution in [0.4, 0.5) is 8.78 Å². The Morgan fingerprint density at radius 2 is 2.04 bits per heavy atom. The van der Waals surface area contributed by atoms with E-state index in [1.807, 2.05) is 17.5 Å². The number of piperidine rings is 1. The molecule has 0 saturated carbocycles. The molecule has 0 unspecified atom stereocenters. The Hall–Kier alpha value is -2.17. The molecule has 0 N–H and O–H groups in total. The molecule has 0 amide bonds. The van der Waals surface area contributed by atoms with Crippen LogP contribution in [0.5, 0.6) is 0 Å². The SMILES string of the molecule is O=S(=O)(c1ccc(F)c(F)c1)N1CCC[C@@H](c2nnc(-c3cccs3)o2)C1. The van der Waals surface area contributed by atoms with Crippen molar-refractivity contribution in [1.82, 2.24) is 14.5 Å². The number of halogens is 2. The van der Waals surface area contributed by atoms with Gasteiger partial charge >= 0.3 is 0 Å². The smallest absolute Gasteiger partial charge is 0.257 e. The molecule has 1 saturated heterocycles. The number of rotatable bonds is 4. The molecule has 0 aliphatic carbocycles. The van der Waals surface area contributed by atoms with Crippen LogP contribution in [0.3, 0.4) is 0 Å². The summed E-state index contributed by atoms with van der Waals surface area (Å²) in [5, 5.41) is 10.0. The van der Waals surface area contributed by atoms with E-state index in [0.29, 0.717) is 37.2 Å². The van der Waals surface area contributed by atoms with Gasteiger partial charge in [0.05, 0.1) is 15.7 Å². The quantitative estimate of drug-likeness (QED) is 0.655. The topological polar surface area (TPSA) is 76.3 Å². The van der Waals surface area contributed by atoms with Crippen LogP contribution in [0.2, 0.25) is 0 Å². The molecule has 6 nitrogen and oxygen atoms in total. The zero-order valence-corrected chi connectivity index (χ0v) is 15.6. The lowest BCUT2D eigenvalue weighted by molar-refractivity contribution is 0.286. The molecule has 2 aromatic heterocycles. The molecule has 3 aromatic rings. The minimum absolute atomic E-state index is 0.146. The van der Waals surface area contributed by atoms with Gasteiger partial charge in [-0.25, -0.2) is 17.2 Å². The van der Waals surface area contributed by atoms with Gasteiger partial charge in [0.2, 0.25) is 15.9 Å². The van der Waals surface area contributed by atoms with Crippen molar-refractivity contribution in [2.24, 2.45) is 0 Å². The lowest BCUT2D eigenvalue weighted by Gasteiger charge is -2.30. The number of hydrogen-bond donors (Lipinski definition) is 0. The number of hydrogen-bond acceptors (Lipinski definition) is 6. The maximum atomic E-state index is 13.5. The monoisotopic (exact) mass is 411 g/mol. The molecule has 4 rings (SSSR count). The third-order valence-electron chi connectivity index (χ3n) is 4.43. The maximum Gasteiger partial charge on any atom is 0.257 e. The molecule has 0 bridgehead atoms. The highest BCUT2D eigenvalue weighted by molar-refractivity contribution is 7.89. The van der Waals surface area contributed by atoms with E-state index in [4.69, 9.17) is 4.42 Å². The first-order chi connectivity index (χ1) is 12.9. The van der Waals surface area contributed by atoms with E-state index in [0.717, 1.165) is 17.0 Å². The molecule has 1 fully saturated rings. The molecule has 1 aliphatic rings. The van der Waals surface area contributed by atoms with Gasteiger partial charge in [-0.1, -0.05) is 6.07 Å². The van der Waals surface area contributed by atoms with Crippen LogP contribution in [-0.4, -0.2) is 36.0 Å². The summed E-state index contributed by atoms with van der Waals surface area (Å²) in [4.78, 5) is 0.572. The third-order valence-corrected chi connectivity index (χ3v) is 7.15. The molecular formula is C17H15F2N3O3S2. The normalized spacial score (nSPS) is 18.7. The van der Waals surface area contributed by atoms with Crippen molar-refractivity contribution in [3.8, 4) is 10.8 Å². The van der Waals surface area contributed by atoms with Crippen LogP contribution in [0, 0.1) is 11.6 Å². The summed E-state index contributed by atoms with van der Waals surface area (Å²) in [6.07, 6.45) is 1.31. The fraction of sp³-hybridized carbons (Fsp3) is 0.294. The van der Waals surface area contributed by atoms with Crippen molar-refractivity contribution in [2.45, 2.75) is 23.7 Å². The summed E-state index contributed by atoms with van der Waals surface area (Å²) in [5.74, 6) is -1.75. The Morgan fingerprint density at radius 3 is 2.78 bits per heavy atom. The van der Waals surface area contributed by atoms with Crippen molar-refractivity contribution >= 4 is 21.4 Å². The molecule has 0 spiro atoms. The predicted molar refractivity (Wildman–Crippen MR) is 94.7 cm³/mol. The zero-order valence-electron chi connectivity index (χ0n) is 14.0. The average molecular weight is 411 g/mol. The van der Waals surface area contributed by atoms with Gasteiger partial charge in [0.15, 0.2) is 11.6 Å². The van der Waals surface area contributed by atoms with Crippen molar-refractivity contribution in [3.05, 3.63) is 53.2 Å². The second-order valence-electron chi connectivity index (χ2n) is 6.20. The number of sulfonamides is 1. The van der Waals surface area contributed by atoms with Crippen molar-refractivity contribution in [1.29, 1.82) is 0 Å². The largest absolute Gasteiger partial charge is 0.420 e. The standard InChI is InChI=1S/C17H15F2N3O3S2/c18-13-6-5-12(9-14(13)19)27(23,24)22-7-1-3-11(10-22)16-20-21-17(25-16)15-4-2-8-26-15/h2,4-6,8-9,11H,1,3,7,10H2/t11-/m1/s1. The van der Waals surface area contributed by atoms with Gasteiger partial charge in [-0.3, -0.25) is 0 Å². The molecule has 142 valence electrons. The Kier molecular flexibility index (Phi) is 4.79. The van der Waals surface area contributed by atoms with Crippen LogP contribution in [0.25, 0.3) is 10.8 Å². The summed E-state index contributed by atoms with van der Waals surface area (Å²) in [5.41, 5.74) is 0. The molecule has 27 heavy (non-hydrogen) atoms. The van der Waals surface area contributed by atoms with E-state index in [9.17, 15) is 17.2 Å². The maximum absolute atomic E-state index is 13.5.